The van der Waals surface area contributed by atoms with E-state index in [0.717, 1.165) is 24.2 Å². The van der Waals surface area contributed by atoms with Crippen LogP contribution in [-0.4, -0.2) is 51.8 Å². The van der Waals surface area contributed by atoms with Gasteiger partial charge in [-0.25, -0.2) is 4.90 Å². The molecule has 24 heavy (non-hydrogen) atoms. The summed E-state index contributed by atoms with van der Waals surface area (Å²) >= 11 is 1.10. The zero-order chi connectivity index (χ0) is 17.8. The molecule has 1 aliphatic heterocycles. The third kappa shape index (κ3) is 3.41. The molecule has 0 radical (unpaired) electrons. The minimum Gasteiger partial charge on any atom is -0.623 e. The van der Waals surface area contributed by atoms with Crippen LogP contribution < -0.4 is 9.38 Å². The topological polar surface area (TPSA) is 81.5 Å². The fourth-order valence-corrected chi connectivity index (χ4v) is 3.74. The molecule has 2 heterocycles. The maximum atomic E-state index is 13.2. The molecular weight excluding hydrogens is 328 g/mol. The summed E-state index contributed by atoms with van der Waals surface area (Å²) in [5.74, 6) is 2.81. The monoisotopic (exact) mass is 354 g/mol. The fourth-order valence-electron chi connectivity index (χ4n) is 2.94. The smallest absolute Gasteiger partial charge is 0.313 e. The third-order valence-corrected chi connectivity index (χ3v) is 5.68. The predicted octanol–water partition coefficient (Wildman–Crippen LogP) is 2.31. The number of hydrogen-bond acceptors (Lipinski definition) is 7. The van der Waals surface area contributed by atoms with Crippen LogP contribution in [0.1, 0.15) is 46.5 Å². The van der Waals surface area contributed by atoms with Crippen LogP contribution in [0.4, 0.5) is 5.13 Å². The molecule has 0 bridgehead atoms. The van der Waals surface area contributed by atoms with Crippen LogP contribution in [0.5, 0.6) is 5.19 Å². The van der Waals surface area contributed by atoms with Gasteiger partial charge in [0.25, 0.3) is 5.19 Å². The second-order valence-electron chi connectivity index (χ2n) is 6.08. The highest BCUT2D eigenvalue weighted by molar-refractivity contribution is 7.16. The Balaban J connectivity index is 2.17. The van der Waals surface area contributed by atoms with Crippen molar-refractivity contribution < 1.29 is 9.84 Å². The molecule has 1 N–H and O–H groups in total. The van der Waals surface area contributed by atoms with Gasteiger partial charge in [-0.15, -0.1) is 6.42 Å². The van der Waals surface area contributed by atoms with Crippen LogP contribution in [0.2, 0.25) is 0 Å². The van der Waals surface area contributed by atoms with Gasteiger partial charge in [0.2, 0.25) is 6.23 Å². The van der Waals surface area contributed by atoms with E-state index in [2.05, 4.69) is 23.0 Å². The van der Waals surface area contributed by atoms with Gasteiger partial charge in [0.05, 0.1) is 18.7 Å². The first-order valence-electron chi connectivity index (χ1n) is 8.42. The number of aromatic nitrogens is 2. The molecule has 8 heteroatoms. The van der Waals surface area contributed by atoms with Crippen LogP contribution in [0.25, 0.3) is 0 Å². The number of quaternary nitrogens is 1. The first-order chi connectivity index (χ1) is 11.5. The molecule has 0 saturated carbocycles. The second kappa shape index (κ2) is 7.76. The standard InChI is InChI=1S/C16H26N4O3S/c1-5-9-10-23-15-18-17-14(24-15)20(22)12-19(11-13(20)21)16(6-2,7-3)8-4/h2,13,21H,5,7-12H2,1,3-4H3. The van der Waals surface area contributed by atoms with Gasteiger partial charge < -0.3 is 15.1 Å². The minimum atomic E-state index is -1.13. The summed E-state index contributed by atoms with van der Waals surface area (Å²) in [7, 11) is 0. The lowest BCUT2D eigenvalue weighted by atomic mass is 9.92. The Labute approximate surface area is 147 Å². The Morgan fingerprint density at radius 1 is 1.46 bits per heavy atom. The molecule has 0 aromatic carbocycles. The average Bonchev–Trinajstić information content (AvgIpc) is 3.17. The van der Waals surface area contributed by atoms with E-state index in [4.69, 9.17) is 11.2 Å². The molecule has 1 fully saturated rings. The van der Waals surface area contributed by atoms with Crippen molar-refractivity contribution in [1.29, 1.82) is 0 Å². The number of nitrogens with zero attached hydrogens (tertiary/aromatic N) is 4. The summed E-state index contributed by atoms with van der Waals surface area (Å²) in [6.45, 7) is 6.90. The summed E-state index contributed by atoms with van der Waals surface area (Å²) < 4.78 is 4.55. The number of aliphatic hydroxyl groups excluding tert-OH is 1. The highest BCUT2D eigenvalue weighted by Crippen LogP contribution is 2.38. The number of ether oxygens (including phenoxy) is 1. The van der Waals surface area contributed by atoms with Crippen LogP contribution >= 0.6 is 11.3 Å². The van der Waals surface area contributed by atoms with E-state index in [-0.39, 0.29) is 18.3 Å². The largest absolute Gasteiger partial charge is 0.623 e. The maximum absolute atomic E-state index is 13.2. The number of β-amino-alcohol motifs (C(OH)–C–C–N with tert-alkyl or cyclic N) is 1. The Bertz CT molecular complexity index is 584. The molecule has 2 rings (SSSR count). The molecule has 134 valence electrons. The second-order valence-corrected chi connectivity index (χ2v) is 6.99. The zero-order valence-electron chi connectivity index (χ0n) is 14.6. The van der Waals surface area contributed by atoms with Gasteiger partial charge in [0.1, 0.15) is 6.67 Å². The quantitative estimate of drug-likeness (QED) is 0.334. The fraction of sp³-hybridized carbons (Fsp3) is 0.750. The molecule has 1 aromatic heterocycles. The lowest BCUT2D eigenvalue weighted by Crippen LogP contribution is -2.51. The molecule has 2 unspecified atom stereocenters. The minimum absolute atomic E-state index is 0.0661. The van der Waals surface area contributed by atoms with Crippen molar-refractivity contribution in [2.75, 3.05) is 19.8 Å². The van der Waals surface area contributed by atoms with Crippen LogP contribution in [-0.2, 0) is 0 Å². The molecule has 1 saturated heterocycles. The number of hydrogen-bond donors (Lipinski definition) is 1. The molecule has 0 spiro atoms. The van der Waals surface area contributed by atoms with Gasteiger partial charge in [-0.2, -0.15) is 0 Å². The van der Waals surface area contributed by atoms with Crippen molar-refractivity contribution in [2.45, 2.75) is 58.2 Å². The van der Waals surface area contributed by atoms with Crippen molar-refractivity contribution in [1.82, 2.24) is 19.7 Å². The summed E-state index contributed by atoms with van der Waals surface area (Å²) in [5, 5.41) is 32.1. The SMILES string of the molecule is C#CC(CC)(CC)N1CC(O)[N+]([O-])(c2nnc(OCCCC)s2)C1. The van der Waals surface area contributed by atoms with E-state index in [1.54, 1.807) is 0 Å². The lowest BCUT2D eigenvalue weighted by Gasteiger charge is -2.39. The Kier molecular flexibility index (Phi) is 6.17. The van der Waals surface area contributed by atoms with E-state index >= 15 is 0 Å². The first kappa shape index (κ1) is 19.1. The van der Waals surface area contributed by atoms with Crippen molar-refractivity contribution in [2.24, 2.45) is 0 Å². The van der Waals surface area contributed by atoms with Crippen molar-refractivity contribution >= 4 is 16.5 Å². The average molecular weight is 354 g/mol. The Morgan fingerprint density at radius 3 is 2.75 bits per heavy atom. The summed E-state index contributed by atoms with van der Waals surface area (Å²) in [5.41, 5.74) is -0.517. The van der Waals surface area contributed by atoms with Gasteiger partial charge in [0.15, 0.2) is 0 Å². The Hall–Kier alpha value is -1.24. The predicted molar refractivity (Wildman–Crippen MR) is 95.2 cm³/mol. The number of rotatable bonds is 8. The van der Waals surface area contributed by atoms with Crippen molar-refractivity contribution in [3.05, 3.63) is 5.21 Å². The highest BCUT2D eigenvalue weighted by Gasteiger charge is 2.49. The molecule has 1 aliphatic rings. The summed E-state index contributed by atoms with van der Waals surface area (Å²) in [6, 6.07) is 0. The maximum Gasteiger partial charge on any atom is 0.313 e. The van der Waals surface area contributed by atoms with E-state index in [1.807, 2.05) is 18.7 Å². The summed E-state index contributed by atoms with van der Waals surface area (Å²) in [4.78, 5) is 1.89. The number of unbranched alkanes of at least 4 members (excludes halogenated alkanes) is 1. The molecule has 2 atom stereocenters. The van der Waals surface area contributed by atoms with Crippen molar-refractivity contribution in [3.63, 3.8) is 0 Å². The van der Waals surface area contributed by atoms with Gasteiger partial charge in [-0.05, 0) is 19.3 Å². The van der Waals surface area contributed by atoms with Gasteiger partial charge in [-0.1, -0.05) is 43.3 Å². The molecular formula is C16H26N4O3S. The number of hydroxylamine groups is 2. The zero-order valence-corrected chi connectivity index (χ0v) is 15.4. The molecule has 1 aromatic rings. The normalized spacial score (nSPS) is 24.9. The first-order valence-corrected chi connectivity index (χ1v) is 9.23. The van der Waals surface area contributed by atoms with Crippen LogP contribution in [0, 0.1) is 17.6 Å². The van der Waals surface area contributed by atoms with E-state index in [1.165, 1.54) is 0 Å². The lowest BCUT2D eigenvalue weighted by molar-refractivity contribution is 0.0834. The van der Waals surface area contributed by atoms with Crippen LogP contribution in [0.15, 0.2) is 0 Å². The van der Waals surface area contributed by atoms with Gasteiger partial charge in [-0.3, -0.25) is 4.65 Å². The highest BCUT2D eigenvalue weighted by atomic mass is 32.1. The van der Waals surface area contributed by atoms with Crippen LogP contribution in [0.3, 0.4) is 0 Å². The molecule has 0 aliphatic carbocycles. The number of aliphatic hydroxyl groups is 1. The molecule has 7 nitrogen and oxygen atoms in total. The van der Waals surface area contributed by atoms with E-state index in [0.29, 0.717) is 24.6 Å². The van der Waals surface area contributed by atoms with E-state index < -0.39 is 16.4 Å². The molecule has 0 amide bonds. The number of terminal acetylenes is 1. The van der Waals surface area contributed by atoms with Gasteiger partial charge >= 0.3 is 5.13 Å². The van der Waals surface area contributed by atoms with Crippen molar-refractivity contribution in [3.8, 4) is 17.5 Å². The Morgan fingerprint density at radius 2 is 2.17 bits per heavy atom. The summed E-state index contributed by atoms with van der Waals surface area (Å²) in [6.07, 6.45) is 7.96. The van der Waals surface area contributed by atoms with E-state index in [9.17, 15) is 10.3 Å². The third-order valence-electron chi connectivity index (χ3n) is 4.73. The van der Waals surface area contributed by atoms with Gasteiger partial charge in [0, 0.05) is 11.3 Å².